The third-order valence-corrected chi connectivity index (χ3v) is 5.43. The first-order valence-electron chi connectivity index (χ1n) is 8.68. The Bertz CT molecular complexity index is 465. The lowest BCUT2D eigenvalue weighted by Crippen LogP contribution is -2.48. The molecule has 1 aromatic heterocycles. The predicted octanol–water partition coefficient (Wildman–Crippen LogP) is 3.69. The smallest absolute Gasteiger partial charge is 0.191 e. The fraction of sp³-hybridized carbons (Fsp3) is 0.706. The first-order valence-corrected chi connectivity index (χ1v) is 9.56. The number of piperidine rings is 1. The van der Waals surface area contributed by atoms with E-state index < -0.39 is 0 Å². The number of anilines is 1. The van der Waals surface area contributed by atoms with Gasteiger partial charge in [0, 0.05) is 32.2 Å². The first-order chi connectivity index (χ1) is 10.8. The van der Waals surface area contributed by atoms with Gasteiger partial charge in [-0.25, -0.2) is 0 Å². The lowest BCUT2D eigenvalue weighted by molar-refractivity contribution is 0.462. The minimum Gasteiger partial charge on any atom is -0.363 e. The topological polar surface area (TPSA) is 39.7 Å². The highest BCUT2D eigenvalue weighted by Crippen LogP contribution is 2.32. The van der Waals surface area contributed by atoms with Crippen molar-refractivity contribution in [1.82, 2.24) is 10.6 Å². The molecular formula is C17H29IN4S. The molecule has 0 spiro atoms. The van der Waals surface area contributed by atoms with Gasteiger partial charge in [-0.1, -0.05) is 12.8 Å². The molecule has 6 heteroatoms. The van der Waals surface area contributed by atoms with Gasteiger partial charge in [0.15, 0.2) is 5.96 Å². The summed E-state index contributed by atoms with van der Waals surface area (Å²) in [5, 5.41) is 10.6. The molecule has 2 fully saturated rings. The summed E-state index contributed by atoms with van der Waals surface area (Å²) in [6, 6.07) is 4.91. The van der Waals surface area contributed by atoms with Crippen molar-refractivity contribution in [3.8, 4) is 0 Å². The van der Waals surface area contributed by atoms with E-state index in [1.165, 1.54) is 37.1 Å². The first kappa shape index (κ1) is 18.8. The molecule has 4 nitrogen and oxygen atoms in total. The molecule has 0 aromatic carbocycles. The van der Waals surface area contributed by atoms with Crippen molar-refractivity contribution >= 4 is 46.3 Å². The molecule has 1 saturated heterocycles. The highest BCUT2D eigenvalue weighted by atomic mass is 127. The van der Waals surface area contributed by atoms with E-state index in [0.29, 0.717) is 6.04 Å². The van der Waals surface area contributed by atoms with Gasteiger partial charge in [0.25, 0.3) is 0 Å². The number of halogens is 1. The Morgan fingerprint density at radius 1 is 1.30 bits per heavy atom. The van der Waals surface area contributed by atoms with Crippen LogP contribution in [0.3, 0.4) is 0 Å². The van der Waals surface area contributed by atoms with Crippen LogP contribution in [-0.2, 0) is 0 Å². The van der Waals surface area contributed by atoms with E-state index in [1.54, 1.807) is 0 Å². The normalized spacial score (nSPS) is 19.3. The van der Waals surface area contributed by atoms with Crippen LogP contribution in [0.25, 0.3) is 0 Å². The summed E-state index contributed by atoms with van der Waals surface area (Å²) in [5.74, 6) is 1.97. The van der Waals surface area contributed by atoms with Crippen LogP contribution in [0, 0.1) is 5.92 Å². The summed E-state index contributed by atoms with van der Waals surface area (Å²) in [4.78, 5) is 7.24. The van der Waals surface area contributed by atoms with Gasteiger partial charge in [0.1, 0.15) is 0 Å². The summed E-state index contributed by atoms with van der Waals surface area (Å²) in [6.07, 6.45) is 6.46. The molecule has 3 rings (SSSR count). The van der Waals surface area contributed by atoms with Gasteiger partial charge in [-0.3, -0.25) is 4.99 Å². The molecule has 0 atom stereocenters. The highest BCUT2D eigenvalue weighted by Gasteiger charge is 2.22. The zero-order valence-electron chi connectivity index (χ0n) is 14.0. The molecule has 1 aliphatic carbocycles. The summed E-state index contributed by atoms with van der Waals surface area (Å²) in [7, 11) is 0. The predicted molar refractivity (Wildman–Crippen MR) is 111 cm³/mol. The average Bonchev–Trinajstić information content (AvgIpc) is 3.19. The van der Waals surface area contributed by atoms with Gasteiger partial charge in [-0.15, -0.1) is 35.3 Å². The number of nitrogens with one attached hydrogen (secondary N) is 2. The number of guanidine groups is 1. The number of aliphatic imine (C=N–C) groups is 1. The number of nitrogens with zero attached hydrogens (tertiary/aromatic N) is 2. The van der Waals surface area contributed by atoms with E-state index in [4.69, 9.17) is 4.99 Å². The lowest BCUT2D eigenvalue weighted by atomic mass is 10.1. The number of thiophene rings is 1. The molecule has 1 aliphatic heterocycles. The lowest BCUT2D eigenvalue weighted by Gasteiger charge is -2.33. The Labute approximate surface area is 161 Å². The van der Waals surface area contributed by atoms with E-state index in [-0.39, 0.29) is 24.0 Å². The summed E-state index contributed by atoms with van der Waals surface area (Å²) in [5.41, 5.74) is 0. The van der Waals surface area contributed by atoms with Gasteiger partial charge in [-0.2, -0.15) is 0 Å². The molecule has 0 amide bonds. The van der Waals surface area contributed by atoms with E-state index in [1.807, 2.05) is 11.3 Å². The molecule has 23 heavy (non-hydrogen) atoms. The van der Waals surface area contributed by atoms with Crippen molar-refractivity contribution in [2.45, 2.75) is 45.1 Å². The molecule has 2 aliphatic rings. The summed E-state index contributed by atoms with van der Waals surface area (Å²) >= 11 is 1.84. The molecule has 0 unspecified atom stereocenters. The zero-order chi connectivity index (χ0) is 15.2. The van der Waals surface area contributed by atoms with Gasteiger partial charge in [0.2, 0.25) is 0 Å². The highest BCUT2D eigenvalue weighted by molar-refractivity contribution is 14.0. The molecule has 2 N–H and O–H groups in total. The minimum atomic E-state index is 0. The molecule has 0 radical (unpaired) electrons. The van der Waals surface area contributed by atoms with Crippen molar-refractivity contribution in [1.29, 1.82) is 0 Å². The second kappa shape index (κ2) is 9.71. The monoisotopic (exact) mass is 448 g/mol. The van der Waals surface area contributed by atoms with Gasteiger partial charge < -0.3 is 15.5 Å². The Morgan fingerprint density at radius 3 is 2.70 bits per heavy atom. The van der Waals surface area contributed by atoms with Crippen LogP contribution in [-0.4, -0.2) is 38.2 Å². The Balaban J connectivity index is 0.00000192. The minimum absolute atomic E-state index is 0. The average molecular weight is 448 g/mol. The van der Waals surface area contributed by atoms with Crippen molar-refractivity contribution < 1.29 is 0 Å². The number of hydrogen-bond donors (Lipinski definition) is 2. The van der Waals surface area contributed by atoms with Crippen LogP contribution in [0.1, 0.15) is 39.0 Å². The maximum atomic E-state index is 4.74. The van der Waals surface area contributed by atoms with Crippen LogP contribution >= 0.6 is 35.3 Å². The van der Waals surface area contributed by atoms with E-state index in [0.717, 1.165) is 38.1 Å². The van der Waals surface area contributed by atoms with E-state index in [9.17, 15) is 0 Å². The Kier molecular flexibility index (Phi) is 7.95. The van der Waals surface area contributed by atoms with Crippen LogP contribution < -0.4 is 15.5 Å². The van der Waals surface area contributed by atoms with Crippen molar-refractivity contribution in [2.24, 2.45) is 10.9 Å². The number of hydrogen-bond acceptors (Lipinski definition) is 3. The van der Waals surface area contributed by atoms with Crippen molar-refractivity contribution in [2.75, 3.05) is 31.1 Å². The molecule has 130 valence electrons. The fourth-order valence-electron chi connectivity index (χ4n) is 2.97. The summed E-state index contributed by atoms with van der Waals surface area (Å²) < 4.78 is 0. The fourth-order valence-corrected chi connectivity index (χ4v) is 3.76. The maximum absolute atomic E-state index is 4.74. The van der Waals surface area contributed by atoms with Gasteiger partial charge >= 0.3 is 0 Å². The SMILES string of the molecule is CCNC(=NCCC1CC1)NC1CCN(c2cccs2)CC1.I. The Morgan fingerprint density at radius 2 is 2.09 bits per heavy atom. The van der Waals surface area contributed by atoms with Crippen LogP contribution in [0.4, 0.5) is 5.00 Å². The third-order valence-electron chi connectivity index (χ3n) is 4.50. The quantitative estimate of drug-likeness (QED) is 0.396. The van der Waals surface area contributed by atoms with E-state index in [2.05, 4.69) is 40.0 Å². The van der Waals surface area contributed by atoms with E-state index >= 15 is 0 Å². The second-order valence-corrected chi connectivity index (χ2v) is 7.28. The Hall–Kier alpha value is -0.500. The van der Waals surface area contributed by atoms with Crippen molar-refractivity contribution in [3.05, 3.63) is 17.5 Å². The third kappa shape index (κ3) is 6.14. The van der Waals surface area contributed by atoms with Crippen molar-refractivity contribution in [3.63, 3.8) is 0 Å². The molecule has 1 saturated carbocycles. The molecule has 0 bridgehead atoms. The molecular weight excluding hydrogens is 419 g/mol. The summed E-state index contributed by atoms with van der Waals surface area (Å²) in [6.45, 7) is 6.31. The maximum Gasteiger partial charge on any atom is 0.191 e. The largest absolute Gasteiger partial charge is 0.363 e. The zero-order valence-corrected chi connectivity index (χ0v) is 17.1. The van der Waals surface area contributed by atoms with Gasteiger partial charge in [0.05, 0.1) is 5.00 Å². The van der Waals surface area contributed by atoms with Crippen LogP contribution in [0.15, 0.2) is 22.5 Å². The van der Waals surface area contributed by atoms with Crippen LogP contribution in [0.2, 0.25) is 0 Å². The standard InChI is InChI=1S/C17H28N4S.HI/c1-2-18-17(19-10-7-14-5-6-14)20-15-8-11-21(12-9-15)16-4-3-13-22-16;/h3-4,13-15H,2,5-12H2,1H3,(H2,18,19,20);1H. The second-order valence-electron chi connectivity index (χ2n) is 6.35. The molecule has 2 heterocycles. The number of rotatable bonds is 6. The van der Waals surface area contributed by atoms with Gasteiger partial charge in [-0.05, 0) is 49.6 Å². The molecule has 1 aromatic rings. The van der Waals surface area contributed by atoms with Crippen LogP contribution in [0.5, 0.6) is 0 Å².